The number of ketones is 1. The van der Waals surface area contributed by atoms with Gasteiger partial charge in [-0.05, 0) is 19.1 Å². The van der Waals surface area contributed by atoms with Crippen LogP contribution in [-0.2, 0) is 16.8 Å². The van der Waals surface area contributed by atoms with E-state index in [1.807, 2.05) is 47.2 Å². The molecule has 0 aliphatic carbocycles. The molecule has 4 rings (SSSR count). The number of aryl methyl sites for hydroxylation is 1. The molecule has 1 aromatic heterocycles. The molecule has 2 aromatic rings. The number of nitrogens with one attached hydrogen (secondary N) is 1. The molecule has 1 amide bonds. The van der Waals surface area contributed by atoms with Crippen LogP contribution in [0.4, 0.5) is 5.69 Å². The number of nitrogens with zero attached hydrogens (tertiary/aromatic N) is 1. The fourth-order valence-electron chi connectivity index (χ4n) is 3.56. The Bertz CT molecular complexity index is 803. The van der Waals surface area contributed by atoms with Crippen LogP contribution < -0.4 is 26.9 Å². The minimum absolute atomic E-state index is 0. The van der Waals surface area contributed by atoms with E-state index >= 15 is 0 Å². The summed E-state index contributed by atoms with van der Waals surface area (Å²) in [6.45, 7) is 2.31. The van der Waals surface area contributed by atoms with Gasteiger partial charge >= 0.3 is 0 Å². The van der Waals surface area contributed by atoms with Crippen molar-refractivity contribution in [2.75, 3.05) is 5.32 Å². The van der Waals surface area contributed by atoms with Gasteiger partial charge in [0.15, 0.2) is 23.9 Å². The molecule has 0 saturated carbocycles. The molecular formula is C17H15BrN2O2. The van der Waals surface area contributed by atoms with Gasteiger partial charge in [-0.1, -0.05) is 18.2 Å². The van der Waals surface area contributed by atoms with E-state index in [9.17, 15) is 9.59 Å². The number of para-hydroxylation sites is 1. The molecule has 112 valence electrons. The van der Waals surface area contributed by atoms with Crippen LogP contribution in [0.3, 0.4) is 0 Å². The molecule has 1 aromatic carbocycles. The third-order valence-corrected chi connectivity index (χ3v) is 4.62. The molecule has 2 aliphatic heterocycles. The van der Waals surface area contributed by atoms with E-state index in [0.29, 0.717) is 5.56 Å². The number of Topliss-reactive ketones (excluding diaryl/α,β-unsaturated/α-hetero) is 1. The molecule has 1 spiro atoms. The highest BCUT2D eigenvalue weighted by molar-refractivity contribution is 6.08. The summed E-state index contributed by atoms with van der Waals surface area (Å²) in [6, 6.07) is 11.6. The van der Waals surface area contributed by atoms with Crippen LogP contribution in [0.15, 0.2) is 42.6 Å². The molecule has 2 aliphatic rings. The summed E-state index contributed by atoms with van der Waals surface area (Å²) in [5.41, 5.74) is 2.98. The van der Waals surface area contributed by atoms with Crippen LogP contribution in [0, 0.1) is 0 Å². The molecule has 22 heavy (non-hydrogen) atoms. The molecule has 1 atom stereocenters. The van der Waals surface area contributed by atoms with E-state index in [4.69, 9.17) is 0 Å². The smallest absolute Gasteiger partial charge is 0.246 e. The quantitative estimate of drug-likeness (QED) is 0.515. The van der Waals surface area contributed by atoms with Crippen molar-refractivity contribution in [1.82, 2.24) is 0 Å². The van der Waals surface area contributed by atoms with Crippen molar-refractivity contribution in [1.29, 1.82) is 0 Å². The molecule has 3 heterocycles. The van der Waals surface area contributed by atoms with E-state index in [1.54, 1.807) is 6.92 Å². The molecule has 0 bridgehead atoms. The summed E-state index contributed by atoms with van der Waals surface area (Å²) in [6.07, 6.45) is 2.60. The van der Waals surface area contributed by atoms with E-state index < -0.39 is 5.41 Å². The van der Waals surface area contributed by atoms with Gasteiger partial charge in [0.25, 0.3) is 0 Å². The number of carbonyl (C=O) groups excluding carboxylic acids is 2. The van der Waals surface area contributed by atoms with Crippen LogP contribution in [0.5, 0.6) is 0 Å². The first-order chi connectivity index (χ1) is 10.1. The second-order valence-electron chi connectivity index (χ2n) is 5.71. The summed E-state index contributed by atoms with van der Waals surface area (Å²) in [4.78, 5) is 24.2. The third-order valence-electron chi connectivity index (χ3n) is 4.62. The average molecular weight is 359 g/mol. The number of benzene rings is 1. The van der Waals surface area contributed by atoms with Crippen molar-refractivity contribution in [3.63, 3.8) is 0 Å². The standard InChI is InChI=1S/C17H14N2O2.BrH/c1-11(20)12-6-7-15-17(8-9-19(15)10-12)13-4-2-3-5-14(13)18-16(17)21;/h2-7,10H,8-9H2,1H3;1H. The Labute approximate surface area is 138 Å². The average Bonchev–Trinajstić information content (AvgIpc) is 3.00. The van der Waals surface area contributed by atoms with Crippen molar-refractivity contribution < 1.29 is 31.1 Å². The zero-order valence-electron chi connectivity index (χ0n) is 12.1. The number of anilines is 1. The van der Waals surface area contributed by atoms with Crippen LogP contribution in [0.25, 0.3) is 0 Å². The number of hydrogen-bond acceptors (Lipinski definition) is 2. The van der Waals surface area contributed by atoms with E-state index in [-0.39, 0.29) is 28.7 Å². The number of rotatable bonds is 1. The van der Waals surface area contributed by atoms with Crippen molar-refractivity contribution in [3.05, 3.63) is 59.4 Å². The van der Waals surface area contributed by atoms with Gasteiger partial charge in [0.1, 0.15) is 0 Å². The molecular weight excluding hydrogens is 344 g/mol. The number of hydrogen-bond donors (Lipinski definition) is 1. The first-order valence-electron chi connectivity index (χ1n) is 7.09. The Morgan fingerprint density at radius 1 is 1.23 bits per heavy atom. The van der Waals surface area contributed by atoms with Gasteiger partial charge in [-0.2, -0.15) is 0 Å². The molecule has 4 nitrogen and oxygen atoms in total. The number of amides is 1. The Balaban J connectivity index is 0.00000144. The maximum Gasteiger partial charge on any atom is 0.246 e. The maximum atomic E-state index is 12.6. The highest BCUT2D eigenvalue weighted by Gasteiger charge is 2.57. The lowest BCUT2D eigenvalue weighted by atomic mass is 9.77. The highest BCUT2D eigenvalue weighted by atomic mass is 79.9. The van der Waals surface area contributed by atoms with Crippen molar-refractivity contribution >= 4 is 17.4 Å². The summed E-state index contributed by atoms with van der Waals surface area (Å²) in [5, 5.41) is 2.99. The largest absolute Gasteiger partial charge is 1.00 e. The third kappa shape index (κ3) is 1.78. The summed E-state index contributed by atoms with van der Waals surface area (Å²) < 4.78 is 2.04. The van der Waals surface area contributed by atoms with E-state index in [0.717, 1.165) is 29.9 Å². The van der Waals surface area contributed by atoms with E-state index in [2.05, 4.69) is 5.32 Å². The molecule has 0 saturated heterocycles. The molecule has 1 unspecified atom stereocenters. The topological polar surface area (TPSA) is 50.0 Å². The molecule has 0 fully saturated rings. The minimum Gasteiger partial charge on any atom is -1.00 e. The van der Waals surface area contributed by atoms with Crippen molar-refractivity contribution in [3.8, 4) is 0 Å². The lowest BCUT2D eigenvalue weighted by Gasteiger charge is -2.16. The van der Waals surface area contributed by atoms with Crippen LogP contribution in [0.1, 0.15) is 35.0 Å². The Morgan fingerprint density at radius 2 is 2.00 bits per heavy atom. The summed E-state index contributed by atoms with van der Waals surface area (Å²) in [5.74, 6) is 0.0769. The lowest BCUT2D eigenvalue weighted by Crippen LogP contribution is -3.00. The fourth-order valence-corrected chi connectivity index (χ4v) is 3.56. The number of aromatic nitrogens is 1. The monoisotopic (exact) mass is 358 g/mol. The second kappa shape index (κ2) is 5.02. The molecule has 1 N–H and O–H groups in total. The summed E-state index contributed by atoms with van der Waals surface area (Å²) in [7, 11) is 0. The number of fused-ring (bicyclic) bond motifs is 4. The maximum absolute atomic E-state index is 12.6. The predicted molar refractivity (Wildman–Crippen MR) is 77.1 cm³/mol. The first-order valence-corrected chi connectivity index (χ1v) is 7.09. The SMILES string of the molecule is CC(=O)c1ccc2[n+](c1)CCC21C(=O)Nc2ccccc21.[Br-]. The molecule has 5 heteroatoms. The predicted octanol–water partition coefficient (Wildman–Crippen LogP) is -1.18. The summed E-state index contributed by atoms with van der Waals surface area (Å²) >= 11 is 0. The minimum atomic E-state index is -0.605. The van der Waals surface area contributed by atoms with E-state index in [1.165, 1.54) is 0 Å². The van der Waals surface area contributed by atoms with Gasteiger partial charge in [-0.25, -0.2) is 4.57 Å². The highest BCUT2D eigenvalue weighted by Crippen LogP contribution is 2.46. The van der Waals surface area contributed by atoms with Gasteiger partial charge in [0.2, 0.25) is 11.6 Å². The Hall–Kier alpha value is -2.01. The first kappa shape index (κ1) is 14.9. The van der Waals surface area contributed by atoms with Gasteiger partial charge < -0.3 is 22.3 Å². The van der Waals surface area contributed by atoms with Gasteiger partial charge in [-0.3, -0.25) is 9.59 Å². The van der Waals surface area contributed by atoms with Crippen molar-refractivity contribution in [2.24, 2.45) is 0 Å². The number of pyridine rings is 1. The van der Waals surface area contributed by atoms with Gasteiger partial charge in [-0.15, -0.1) is 0 Å². The van der Waals surface area contributed by atoms with Gasteiger partial charge in [0, 0.05) is 23.7 Å². The normalized spacial score (nSPS) is 21.0. The van der Waals surface area contributed by atoms with Crippen LogP contribution in [0.2, 0.25) is 0 Å². The Morgan fingerprint density at radius 3 is 2.77 bits per heavy atom. The molecule has 0 radical (unpaired) electrons. The number of halogens is 1. The number of carbonyl (C=O) groups is 2. The second-order valence-corrected chi connectivity index (χ2v) is 5.71. The zero-order valence-corrected chi connectivity index (χ0v) is 13.7. The zero-order chi connectivity index (χ0) is 14.6. The van der Waals surface area contributed by atoms with Crippen LogP contribution >= 0.6 is 0 Å². The van der Waals surface area contributed by atoms with Crippen LogP contribution in [-0.4, -0.2) is 11.7 Å². The Kier molecular flexibility index (Phi) is 3.40. The lowest BCUT2D eigenvalue weighted by molar-refractivity contribution is -0.691. The van der Waals surface area contributed by atoms with Gasteiger partial charge in [0.05, 0.1) is 5.56 Å². The fraction of sp³-hybridized carbons (Fsp3) is 0.235. The van der Waals surface area contributed by atoms with Crippen molar-refractivity contribution in [2.45, 2.75) is 25.3 Å².